The van der Waals surface area contributed by atoms with Crippen LogP contribution in [0.15, 0.2) is 114 Å². The minimum atomic E-state index is -1.11. The number of halogens is 2. The number of nitrogens with one attached hydrogen (secondary N) is 2. The summed E-state index contributed by atoms with van der Waals surface area (Å²) in [5, 5.41) is 16.6. The normalized spacial score (nSPS) is 11.6. The first kappa shape index (κ1) is 28.2. The minimum absolute atomic E-state index is 0.0521. The lowest BCUT2D eigenvalue weighted by Gasteiger charge is -2.18. The van der Waals surface area contributed by atoms with Gasteiger partial charge in [0, 0.05) is 27.2 Å². The van der Waals surface area contributed by atoms with Gasteiger partial charge < -0.3 is 15.7 Å². The molecule has 0 aliphatic carbocycles. The second-order valence-electron chi connectivity index (χ2n) is 9.02. The van der Waals surface area contributed by atoms with Crippen molar-refractivity contribution in [3.63, 3.8) is 0 Å². The molecule has 6 nitrogen and oxygen atoms in total. The quantitative estimate of drug-likeness (QED) is 0.155. The number of carbonyl (C=O) groups is 3. The third-order valence-electron chi connectivity index (χ3n) is 6.25. The van der Waals surface area contributed by atoms with Crippen molar-refractivity contribution in [2.24, 2.45) is 0 Å². The van der Waals surface area contributed by atoms with Gasteiger partial charge in [-0.3, -0.25) is 9.59 Å². The van der Waals surface area contributed by atoms with Crippen LogP contribution in [0.5, 0.6) is 0 Å². The SMILES string of the molecule is O=C(O)c1cccc2cccc(C(=O)Nc3cccc(SC(C(=O)Nc4ccc(Cl)c(Cl)c4)c4ccccc4)c3)c12. The molecule has 0 saturated heterocycles. The lowest BCUT2D eigenvalue weighted by atomic mass is 9.98. The summed E-state index contributed by atoms with van der Waals surface area (Å²) in [5.74, 6) is -1.81. The second kappa shape index (κ2) is 12.5. The lowest BCUT2D eigenvalue weighted by Crippen LogP contribution is -2.19. The number of thioether (sulfide) groups is 1. The zero-order chi connectivity index (χ0) is 28.9. The van der Waals surface area contributed by atoms with Crippen LogP contribution in [-0.4, -0.2) is 22.9 Å². The number of hydrogen-bond donors (Lipinski definition) is 3. The minimum Gasteiger partial charge on any atom is -0.478 e. The van der Waals surface area contributed by atoms with Crippen molar-refractivity contribution in [1.29, 1.82) is 0 Å². The largest absolute Gasteiger partial charge is 0.478 e. The van der Waals surface area contributed by atoms with E-state index in [1.807, 2.05) is 36.4 Å². The predicted octanol–water partition coefficient (Wildman–Crippen LogP) is 8.57. The molecule has 0 saturated carbocycles. The van der Waals surface area contributed by atoms with Crippen LogP contribution < -0.4 is 10.6 Å². The summed E-state index contributed by atoms with van der Waals surface area (Å²) in [7, 11) is 0. The smallest absolute Gasteiger partial charge is 0.336 e. The van der Waals surface area contributed by atoms with Crippen LogP contribution >= 0.6 is 35.0 Å². The Morgan fingerprint density at radius 1 is 0.683 bits per heavy atom. The maximum absolute atomic E-state index is 13.4. The summed E-state index contributed by atoms with van der Waals surface area (Å²) < 4.78 is 0. The molecule has 5 aromatic carbocycles. The molecule has 5 rings (SSSR count). The van der Waals surface area contributed by atoms with Gasteiger partial charge in [-0.05, 0) is 59.5 Å². The van der Waals surface area contributed by atoms with Gasteiger partial charge >= 0.3 is 5.97 Å². The fourth-order valence-corrected chi connectivity index (χ4v) is 5.75. The van der Waals surface area contributed by atoms with Crippen LogP contribution in [0.2, 0.25) is 10.0 Å². The van der Waals surface area contributed by atoms with E-state index in [4.69, 9.17) is 23.2 Å². The van der Waals surface area contributed by atoms with Crippen molar-refractivity contribution in [3.8, 4) is 0 Å². The molecule has 0 bridgehead atoms. The van der Waals surface area contributed by atoms with Gasteiger partial charge in [-0.25, -0.2) is 4.79 Å². The zero-order valence-electron chi connectivity index (χ0n) is 21.3. The summed E-state index contributed by atoms with van der Waals surface area (Å²) in [5.41, 5.74) is 2.11. The molecular formula is C32H22Cl2N2O4S. The third-order valence-corrected chi connectivity index (χ3v) is 8.24. The molecule has 0 aliphatic heterocycles. The van der Waals surface area contributed by atoms with Crippen molar-refractivity contribution >= 4 is 74.9 Å². The van der Waals surface area contributed by atoms with Gasteiger partial charge in [-0.2, -0.15) is 0 Å². The number of rotatable bonds is 8. The highest BCUT2D eigenvalue weighted by molar-refractivity contribution is 8.00. The Morgan fingerprint density at radius 3 is 2.07 bits per heavy atom. The summed E-state index contributed by atoms with van der Waals surface area (Å²) in [4.78, 5) is 39.3. The fraction of sp³-hybridized carbons (Fsp3) is 0.0312. The topological polar surface area (TPSA) is 95.5 Å². The van der Waals surface area contributed by atoms with Gasteiger partial charge in [0.15, 0.2) is 0 Å². The van der Waals surface area contributed by atoms with Crippen molar-refractivity contribution < 1.29 is 19.5 Å². The van der Waals surface area contributed by atoms with E-state index >= 15 is 0 Å². The summed E-state index contributed by atoms with van der Waals surface area (Å²) in [6.45, 7) is 0. The van der Waals surface area contributed by atoms with E-state index in [1.54, 1.807) is 66.7 Å². The number of benzene rings is 5. The van der Waals surface area contributed by atoms with E-state index in [-0.39, 0.29) is 17.0 Å². The van der Waals surface area contributed by atoms with E-state index in [2.05, 4.69) is 10.6 Å². The van der Waals surface area contributed by atoms with Crippen molar-refractivity contribution in [2.75, 3.05) is 10.6 Å². The van der Waals surface area contributed by atoms with Gasteiger partial charge in [0.2, 0.25) is 5.91 Å². The molecule has 3 N–H and O–H groups in total. The number of anilines is 2. The molecule has 2 amide bonds. The van der Waals surface area contributed by atoms with Crippen molar-refractivity contribution in [2.45, 2.75) is 10.1 Å². The standard InChI is InChI=1S/C32H22Cl2N2O4S/c33-26-16-15-22(18-27(26)34)36-31(38)29(20-7-2-1-3-8-20)41-23-12-6-11-21(17-23)35-30(37)24-13-4-9-19-10-5-14-25(28(19)24)32(39)40/h1-18,29H,(H,35,37)(H,36,38)(H,39,40). The van der Waals surface area contributed by atoms with Crippen LogP contribution in [0.3, 0.4) is 0 Å². The molecule has 0 spiro atoms. The molecule has 5 aromatic rings. The number of amides is 2. The van der Waals surface area contributed by atoms with E-state index in [9.17, 15) is 19.5 Å². The lowest BCUT2D eigenvalue weighted by molar-refractivity contribution is -0.115. The van der Waals surface area contributed by atoms with Crippen LogP contribution in [0.1, 0.15) is 31.5 Å². The molecule has 204 valence electrons. The molecule has 0 fully saturated rings. The number of carbonyl (C=O) groups excluding carboxylic acids is 2. The van der Waals surface area contributed by atoms with Crippen LogP contribution in [-0.2, 0) is 4.79 Å². The summed E-state index contributed by atoms with van der Waals surface area (Å²) >= 11 is 13.5. The monoisotopic (exact) mass is 600 g/mol. The van der Waals surface area contributed by atoms with E-state index in [0.29, 0.717) is 32.2 Å². The first-order valence-electron chi connectivity index (χ1n) is 12.4. The number of hydrogen-bond acceptors (Lipinski definition) is 4. The maximum Gasteiger partial charge on any atom is 0.336 e. The van der Waals surface area contributed by atoms with E-state index < -0.39 is 17.1 Å². The summed E-state index contributed by atoms with van der Waals surface area (Å²) in [6, 6.07) is 31.3. The average Bonchev–Trinajstić information content (AvgIpc) is 2.97. The molecular weight excluding hydrogens is 579 g/mol. The fourth-order valence-electron chi connectivity index (χ4n) is 4.37. The number of fused-ring (bicyclic) bond motifs is 1. The third kappa shape index (κ3) is 6.55. The van der Waals surface area contributed by atoms with E-state index in [1.165, 1.54) is 17.8 Å². The van der Waals surface area contributed by atoms with Crippen LogP contribution in [0, 0.1) is 0 Å². The zero-order valence-corrected chi connectivity index (χ0v) is 23.6. The van der Waals surface area contributed by atoms with E-state index in [0.717, 1.165) is 10.5 Å². The first-order chi connectivity index (χ1) is 19.8. The highest BCUT2D eigenvalue weighted by Gasteiger charge is 2.23. The molecule has 0 radical (unpaired) electrons. The highest BCUT2D eigenvalue weighted by atomic mass is 35.5. The van der Waals surface area contributed by atoms with Crippen LogP contribution in [0.4, 0.5) is 11.4 Å². The number of carboxylic acid groups (broad SMARTS) is 1. The van der Waals surface area contributed by atoms with Gasteiger partial charge in [0.05, 0.1) is 15.6 Å². The van der Waals surface area contributed by atoms with Gasteiger partial charge in [0.1, 0.15) is 5.25 Å². The highest BCUT2D eigenvalue weighted by Crippen LogP contribution is 2.38. The molecule has 41 heavy (non-hydrogen) atoms. The predicted molar refractivity (Wildman–Crippen MR) is 165 cm³/mol. The van der Waals surface area contributed by atoms with Gasteiger partial charge in [0.25, 0.3) is 5.91 Å². The molecule has 1 atom stereocenters. The molecule has 1 unspecified atom stereocenters. The van der Waals surface area contributed by atoms with Gasteiger partial charge in [-0.15, -0.1) is 11.8 Å². The maximum atomic E-state index is 13.4. The molecule has 0 aliphatic rings. The van der Waals surface area contributed by atoms with Crippen LogP contribution in [0.25, 0.3) is 10.8 Å². The Bertz CT molecular complexity index is 1770. The number of aromatic carboxylic acids is 1. The Kier molecular flexibility index (Phi) is 8.59. The molecule has 0 heterocycles. The molecule has 9 heteroatoms. The Labute approximate surface area is 250 Å². The van der Waals surface area contributed by atoms with Gasteiger partial charge in [-0.1, -0.05) is 83.9 Å². The summed E-state index contributed by atoms with van der Waals surface area (Å²) in [6.07, 6.45) is 0. The average molecular weight is 602 g/mol. The first-order valence-corrected chi connectivity index (χ1v) is 14.1. The van der Waals surface area contributed by atoms with Crippen molar-refractivity contribution in [1.82, 2.24) is 0 Å². The Hall–Kier alpha value is -4.30. The Morgan fingerprint density at radius 2 is 1.37 bits per heavy atom. The second-order valence-corrected chi connectivity index (χ2v) is 11.0. The number of carboxylic acids is 1. The Balaban J connectivity index is 1.40. The molecule has 0 aromatic heterocycles. The van der Waals surface area contributed by atoms with Crippen molar-refractivity contribution in [3.05, 3.63) is 136 Å².